The second-order valence-corrected chi connectivity index (χ2v) is 6.74. The lowest BCUT2D eigenvalue weighted by molar-refractivity contribution is -0.148. The van der Waals surface area contributed by atoms with Gasteiger partial charge in [-0.05, 0) is 44.5 Å². The Morgan fingerprint density at radius 1 is 1.16 bits per heavy atom. The Balaban J connectivity index is 2.62. The number of nitrogens with zero attached hydrogens (tertiary/aromatic N) is 1. The summed E-state index contributed by atoms with van der Waals surface area (Å²) >= 11 is 0. The van der Waals surface area contributed by atoms with Crippen LogP contribution in [0.5, 0.6) is 11.5 Å². The third-order valence-electron chi connectivity index (χ3n) is 3.83. The van der Waals surface area contributed by atoms with Crippen molar-refractivity contribution in [1.82, 2.24) is 10.2 Å². The number of ether oxygens (including phenoxy) is 3. The summed E-state index contributed by atoms with van der Waals surface area (Å²) in [6, 6.07) is 4.77. The van der Waals surface area contributed by atoms with E-state index >= 15 is 0 Å². The number of methoxy groups -OCH3 is 1. The van der Waals surface area contributed by atoms with Gasteiger partial charge in [-0.3, -0.25) is 14.4 Å². The molecule has 3 amide bonds. The van der Waals surface area contributed by atoms with Crippen molar-refractivity contribution < 1.29 is 33.4 Å². The highest BCUT2D eigenvalue weighted by Crippen LogP contribution is 2.28. The fraction of sp³-hybridized carbons (Fsp3) is 0.429. The number of carbonyl (C=O) groups excluding carboxylic acids is 4. The van der Waals surface area contributed by atoms with Crippen molar-refractivity contribution in [2.45, 2.75) is 26.8 Å². The van der Waals surface area contributed by atoms with Crippen molar-refractivity contribution in [2.24, 2.45) is 5.73 Å². The first-order valence-corrected chi connectivity index (χ1v) is 9.67. The van der Waals surface area contributed by atoms with E-state index in [1.165, 1.54) is 18.1 Å². The molecule has 0 aromatic heterocycles. The van der Waals surface area contributed by atoms with E-state index < -0.39 is 24.4 Å². The van der Waals surface area contributed by atoms with Gasteiger partial charge in [0, 0.05) is 18.7 Å². The van der Waals surface area contributed by atoms with E-state index in [0.717, 1.165) is 6.08 Å². The Morgan fingerprint density at radius 3 is 2.45 bits per heavy atom. The Bertz CT molecular complexity index is 821. The number of nitrogens with one attached hydrogen (secondary N) is 1. The van der Waals surface area contributed by atoms with Gasteiger partial charge >= 0.3 is 5.97 Å². The highest BCUT2D eigenvalue weighted by molar-refractivity contribution is 5.90. The summed E-state index contributed by atoms with van der Waals surface area (Å²) in [5.74, 6) is -1.41. The molecule has 3 N–H and O–H groups in total. The molecule has 1 rings (SSSR count). The second-order valence-electron chi connectivity index (χ2n) is 6.74. The molecule has 10 nitrogen and oxygen atoms in total. The predicted molar refractivity (Wildman–Crippen MR) is 113 cm³/mol. The maximum atomic E-state index is 12.2. The summed E-state index contributed by atoms with van der Waals surface area (Å²) in [7, 11) is 1.43. The molecule has 0 aliphatic heterocycles. The minimum absolute atomic E-state index is 0.0355. The summed E-state index contributed by atoms with van der Waals surface area (Å²) in [5, 5.41) is 2.70. The number of hydrogen-bond donors (Lipinski definition) is 2. The van der Waals surface area contributed by atoms with Crippen LogP contribution in [0.15, 0.2) is 24.3 Å². The number of amides is 3. The molecule has 0 spiro atoms. The molecule has 10 heteroatoms. The van der Waals surface area contributed by atoms with Crippen LogP contribution in [0.4, 0.5) is 0 Å². The number of benzene rings is 1. The number of likely N-dealkylation sites (N-methyl/N-ethyl adjacent to an activating group) is 1. The lowest BCUT2D eigenvalue weighted by Crippen LogP contribution is -2.44. The van der Waals surface area contributed by atoms with Crippen LogP contribution < -0.4 is 20.5 Å². The highest BCUT2D eigenvalue weighted by Gasteiger charge is 2.17. The van der Waals surface area contributed by atoms with Gasteiger partial charge in [0.15, 0.2) is 24.7 Å². The minimum Gasteiger partial charge on any atom is -0.493 e. The summed E-state index contributed by atoms with van der Waals surface area (Å²) in [6.07, 6.45) is 2.63. The summed E-state index contributed by atoms with van der Waals surface area (Å²) in [5.41, 5.74) is 5.65. The van der Waals surface area contributed by atoms with Crippen LogP contribution in [0.25, 0.3) is 6.08 Å². The van der Waals surface area contributed by atoms with Gasteiger partial charge in [-0.2, -0.15) is 0 Å². The Kier molecular flexibility index (Phi) is 10.6. The molecular weight excluding hydrogens is 406 g/mol. The van der Waals surface area contributed by atoms with E-state index in [1.807, 2.05) is 13.8 Å². The van der Waals surface area contributed by atoms with Gasteiger partial charge in [0.05, 0.1) is 13.7 Å². The number of rotatable bonds is 12. The van der Waals surface area contributed by atoms with Crippen molar-refractivity contribution in [3.63, 3.8) is 0 Å². The SMILES string of the molecule is CCN(CC(=O)NC(C)C)C(=O)COC(=O)/C=C/c1ccc(OCC(N)=O)c(OC)c1. The van der Waals surface area contributed by atoms with Crippen LogP contribution in [0, 0.1) is 0 Å². The third kappa shape index (κ3) is 9.66. The van der Waals surface area contributed by atoms with E-state index in [-0.39, 0.29) is 25.1 Å². The molecule has 0 unspecified atom stereocenters. The molecule has 0 aliphatic carbocycles. The number of nitrogens with two attached hydrogens (primary N) is 1. The standard InChI is InChI=1S/C21H29N3O7/c1-5-24(11-19(26)23-14(2)3)20(27)13-31-21(28)9-7-15-6-8-16(17(10-15)29-4)30-12-18(22)25/h6-10,14H,5,11-13H2,1-4H3,(H2,22,25)(H,23,26)/b9-7+. The summed E-state index contributed by atoms with van der Waals surface area (Å²) < 4.78 is 15.4. The van der Waals surface area contributed by atoms with E-state index in [2.05, 4.69) is 5.32 Å². The zero-order chi connectivity index (χ0) is 23.4. The van der Waals surface area contributed by atoms with Crippen molar-refractivity contribution in [2.75, 3.05) is 33.4 Å². The Labute approximate surface area is 181 Å². The van der Waals surface area contributed by atoms with Gasteiger partial charge in [0.1, 0.15) is 0 Å². The van der Waals surface area contributed by atoms with Crippen molar-refractivity contribution in [1.29, 1.82) is 0 Å². The second kappa shape index (κ2) is 12.9. The molecule has 1 aromatic carbocycles. The molecule has 31 heavy (non-hydrogen) atoms. The molecule has 170 valence electrons. The van der Waals surface area contributed by atoms with Crippen LogP contribution in [0.1, 0.15) is 26.3 Å². The summed E-state index contributed by atoms with van der Waals surface area (Å²) in [4.78, 5) is 48.1. The number of primary amides is 1. The maximum absolute atomic E-state index is 12.2. The van der Waals surface area contributed by atoms with Gasteiger partial charge < -0.3 is 30.2 Å². The molecule has 0 atom stereocenters. The molecule has 0 radical (unpaired) electrons. The topological polar surface area (TPSA) is 137 Å². The van der Waals surface area contributed by atoms with Gasteiger partial charge in [-0.15, -0.1) is 0 Å². The fourth-order valence-electron chi connectivity index (χ4n) is 2.41. The largest absolute Gasteiger partial charge is 0.493 e. The van der Waals surface area contributed by atoms with Crippen LogP contribution >= 0.6 is 0 Å². The molecular formula is C21H29N3O7. The van der Waals surface area contributed by atoms with Gasteiger partial charge in [0.2, 0.25) is 5.91 Å². The average molecular weight is 435 g/mol. The van der Waals surface area contributed by atoms with Crippen molar-refractivity contribution in [3.05, 3.63) is 29.8 Å². The Hall–Kier alpha value is -3.56. The number of esters is 1. The number of carbonyl (C=O) groups is 4. The van der Waals surface area contributed by atoms with Gasteiger partial charge in [-0.1, -0.05) is 6.07 Å². The normalized spacial score (nSPS) is 10.6. The van der Waals surface area contributed by atoms with E-state index in [1.54, 1.807) is 25.1 Å². The van der Waals surface area contributed by atoms with Crippen molar-refractivity contribution in [3.8, 4) is 11.5 Å². The van der Waals surface area contributed by atoms with Crippen LogP contribution in [0.2, 0.25) is 0 Å². The van der Waals surface area contributed by atoms with E-state index in [9.17, 15) is 19.2 Å². The lowest BCUT2D eigenvalue weighted by atomic mass is 10.2. The van der Waals surface area contributed by atoms with Crippen LogP contribution in [-0.2, 0) is 23.9 Å². The fourth-order valence-corrected chi connectivity index (χ4v) is 2.41. The van der Waals surface area contributed by atoms with E-state index in [0.29, 0.717) is 23.6 Å². The van der Waals surface area contributed by atoms with Crippen LogP contribution in [-0.4, -0.2) is 68.0 Å². The van der Waals surface area contributed by atoms with Gasteiger partial charge in [0.25, 0.3) is 11.8 Å². The minimum atomic E-state index is -0.718. The maximum Gasteiger partial charge on any atom is 0.331 e. The molecule has 0 heterocycles. The smallest absolute Gasteiger partial charge is 0.331 e. The predicted octanol–water partition coefficient (Wildman–Crippen LogP) is 0.489. The number of hydrogen-bond acceptors (Lipinski definition) is 7. The zero-order valence-electron chi connectivity index (χ0n) is 18.2. The third-order valence-corrected chi connectivity index (χ3v) is 3.83. The van der Waals surface area contributed by atoms with E-state index in [4.69, 9.17) is 19.9 Å². The molecule has 0 aliphatic rings. The van der Waals surface area contributed by atoms with Crippen molar-refractivity contribution >= 4 is 29.8 Å². The molecule has 0 saturated carbocycles. The summed E-state index contributed by atoms with van der Waals surface area (Å²) in [6.45, 7) is 4.80. The average Bonchev–Trinajstić information content (AvgIpc) is 2.72. The first-order valence-electron chi connectivity index (χ1n) is 9.67. The Morgan fingerprint density at radius 2 is 1.87 bits per heavy atom. The molecule has 0 bridgehead atoms. The first-order chi connectivity index (χ1) is 14.7. The monoisotopic (exact) mass is 435 g/mol. The zero-order valence-corrected chi connectivity index (χ0v) is 18.2. The van der Waals surface area contributed by atoms with Gasteiger partial charge in [-0.25, -0.2) is 4.79 Å². The highest BCUT2D eigenvalue weighted by atomic mass is 16.5. The molecule has 1 aromatic rings. The quantitative estimate of drug-likeness (QED) is 0.360. The van der Waals surface area contributed by atoms with Crippen LogP contribution in [0.3, 0.4) is 0 Å². The molecule has 0 fully saturated rings. The first kappa shape index (κ1) is 25.5. The molecule has 0 saturated heterocycles. The lowest BCUT2D eigenvalue weighted by Gasteiger charge is -2.20.